The van der Waals surface area contributed by atoms with Crippen LogP contribution < -0.4 is 0 Å². The Bertz CT molecular complexity index is 317. The molecule has 3 unspecified atom stereocenters. The SMILES string of the molecule is CC1OCCC1S(=O)(=O)C(C)C#N. The summed E-state index contributed by atoms with van der Waals surface area (Å²) >= 11 is 0. The first-order chi connectivity index (χ1) is 6.00. The molecular weight excluding hydrogens is 190 g/mol. The highest BCUT2D eigenvalue weighted by atomic mass is 32.2. The molecule has 4 nitrogen and oxygen atoms in total. The highest BCUT2D eigenvalue weighted by Crippen LogP contribution is 2.23. The Morgan fingerprint density at radius 2 is 2.23 bits per heavy atom. The Morgan fingerprint density at radius 1 is 1.62 bits per heavy atom. The average molecular weight is 203 g/mol. The van der Waals surface area contributed by atoms with Crippen LogP contribution in [0, 0.1) is 11.3 Å². The Labute approximate surface area is 78.4 Å². The van der Waals surface area contributed by atoms with Gasteiger partial charge in [-0.1, -0.05) is 0 Å². The Morgan fingerprint density at radius 3 is 2.62 bits per heavy atom. The van der Waals surface area contributed by atoms with Gasteiger partial charge in [-0.15, -0.1) is 0 Å². The molecule has 0 aromatic carbocycles. The van der Waals surface area contributed by atoms with Crippen LogP contribution in [0.25, 0.3) is 0 Å². The Hall–Kier alpha value is -0.600. The van der Waals surface area contributed by atoms with E-state index in [0.717, 1.165) is 0 Å². The van der Waals surface area contributed by atoms with Crippen LogP contribution in [0.15, 0.2) is 0 Å². The number of hydrogen-bond donors (Lipinski definition) is 0. The quantitative estimate of drug-likeness (QED) is 0.655. The van der Waals surface area contributed by atoms with Gasteiger partial charge in [-0.3, -0.25) is 0 Å². The molecule has 0 saturated carbocycles. The summed E-state index contributed by atoms with van der Waals surface area (Å²) in [6.45, 7) is 3.63. The molecule has 1 saturated heterocycles. The molecular formula is C8H13NO3S. The number of ether oxygens (including phenoxy) is 1. The van der Waals surface area contributed by atoms with Gasteiger partial charge in [0.25, 0.3) is 0 Å². The summed E-state index contributed by atoms with van der Waals surface area (Å²) in [4.78, 5) is 0. The molecule has 5 heteroatoms. The fourth-order valence-electron chi connectivity index (χ4n) is 1.48. The first-order valence-corrected chi connectivity index (χ1v) is 5.85. The van der Waals surface area contributed by atoms with Crippen LogP contribution in [0.4, 0.5) is 0 Å². The second kappa shape index (κ2) is 3.64. The highest BCUT2D eigenvalue weighted by Gasteiger charge is 2.38. The van der Waals surface area contributed by atoms with Crippen molar-refractivity contribution in [2.24, 2.45) is 0 Å². The number of rotatable bonds is 2. The van der Waals surface area contributed by atoms with Gasteiger partial charge in [-0.2, -0.15) is 5.26 Å². The third-order valence-corrected chi connectivity index (χ3v) is 4.96. The van der Waals surface area contributed by atoms with Gasteiger partial charge in [-0.25, -0.2) is 8.42 Å². The van der Waals surface area contributed by atoms with Gasteiger partial charge in [0.05, 0.1) is 17.4 Å². The number of nitriles is 1. The van der Waals surface area contributed by atoms with Crippen LogP contribution in [-0.2, 0) is 14.6 Å². The first kappa shape index (κ1) is 10.5. The molecule has 0 spiro atoms. The maximum atomic E-state index is 11.7. The van der Waals surface area contributed by atoms with Crippen LogP contribution in [0.3, 0.4) is 0 Å². The van der Waals surface area contributed by atoms with Crippen molar-refractivity contribution in [1.29, 1.82) is 5.26 Å². The van der Waals surface area contributed by atoms with E-state index in [1.165, 1.54) is 6.92 Å². The van der Waals surface area contributed by atoms with E-state index in [9.17, 15) is 8.42 Å². The molecule has 1 aliphatic rings. The topological polar surface area (TPSA) is 67.2 Å². The van der Waals surface area contributed by atoms with E-state index in [2.05, 4.69) is 0 Å². The molecule has 13 heavy (non-hydrogen) atoms. The van der Waals surface area contributed by atoms with E-state index in [1.807, 2.05) is 0 Å². The second-order valence-electron chi connectivity index (χ2n) is 3.26. The van der Waals surface area contributed by atoms with Crippen molar-refractivity contribution in [2.45, 2.75) is 36.9 Å². The summed E-state index contributed by atoms with van der Waals surface area (Å²) in [6.07, 6.45) is 0.232. The van der Waals surface area contributed by atoms with Crippen LogP contribution in [0.2, 0.25) is 0 Å². The molecule has 0 bridgehead atoms. The van der Waals surface area contributed by atoms with E-state index < -0.39 is 20.3 Å². The molecule has 1 aliphatic heterocycles. The largest absolute Gasteiger partial charge is 0.377 e. The van der Waals surface area contributed by atoms with Gasteiger partial charge >= 0.3 is 0 Å². The van der Waals surface area contributed by atoms with E-state index in [1.54, 1.807) is 13.0 Å². The molecule has 0 radical (unpaired) electrons. The molecule has 0 amide bonds. The lowest BCUT2D eigenvalue weighted by Gasteiger charge is -2.15. The summed E-state index contributed by atoms with van der Waals surface area (Å²) in [5.74, 6) is 0. The predicted octanol–water partition coefficient (Wildman–Crippen LogP) is 0.491. The van der Waals surface area contributed by atoms with Gasteiger partial charge in [0.1, 0.15) is 5.25 Å². The normalized spacial score (nSPS) is 31.2. The predicted molar refractivity (Wildman–Crippen MR) is 47.8 cm³/mol. The smallest absolute Gasteiger partial charge is 0.171 e. The Kier molecular flexibility index (Phi) is 2.94. The van der Waals surface area contributed by atoms with Crippen molar-refractivity contribution in [3.63, 3.8) is 0 Å². The van der Waals surface area contributed by atoms with Gasteiger partial charge in [-0.05, 0) is 20.3 Å². The number of nitrogens with zero attached hydrogens (tertiary/aromatic N) is 1. The fourth-order valence-corrected chi connectivity index (χ4v) is 3.19. The van der Waals surface area contributed by atoms with E-state index >= 15 is 0 Å². The first-order valence-electron chi connectivity index (χ1n) is 4.24. The molecule has 1 heterocycles. The standard InChI is InChI=1S/C8H13NO3S/c1-6(5-9)13(10,11)8-3-4-12-7(8)2/h6-8H,3-4H2,1-2H3. The number of hydrogen-bond acceptors (Lipinski definition) is 4. The lowest BCUT2D eigenvalue weighted by molar-refractivity contribution is 0.126. The molecule has 1 fully saturated rings. The minimum atomic E-state index is -3.32. The minimum absolute atomic E-state index is 0.277. The van der Waals surface area contributed by atoms with Crippen molar-refractivity contribution in [3.8, 4) is 6.07 Å². The zero-order valence-corrected chi connectivity index (χ0v) is 8.54. The molecule has 74 valence electrons. The van der Waals surface area contributed by atoms with Crippen molar-refractivity contribution in [2.75, 3.05) is 6.61 Å². The maximum absolute atomic E-state index is 11.7. The van der Waals surface area contributed by atoms with Crippen molar-refractivity contribution < 1.29 is 13.2 Å². The molecule has 0 N–H and O–H groups in total. The lowest BCUT2D eigenvalue weighted by atomic mass is 10.3. The molecule has 0 aliphatic carbocycles. The van der Waals surface area contributed by atoms with Crippen molar-refractivity contribution >= 4 is 9.84 Å². The highest BCUT2D eigenvalue weighted by molar-refractivity contribution is 7.92. The van der Waals surface area contributed by atoms with Crippen LogP contribution in [0.5, 0.6) is 0 Å². The van der Waals surface area contributed by atoms with Gasteiger partial charge in [0.15, 0.2) is 9.84 Å². The molecule has 0 aromatic heterocycles. The van der Waals surface area contributed by atoms with E-state index in [4.69, 9.17) is 10.00 Å². The van der Waals surface area contributed by atoms with Gasteiger partial charge < -0.3 is 4.74 Å². The van der Waals surface area contributed by atoms with Crippen molar-refractivity contribution in [3.05, 3.63) is 0 Å². The third-order valence-electron chi connectivity index (χ3n) is 2.40. The van der Waals surface area contributed by atoms with E-state index in [0.29, 0.717) is 13.0 Å². The monoisotopic (exact) mass is 203 g/mol. The summed E-state index contributed by atoms with van der Waals surface area (Å²) < 4.78 is 28.5. The second-order valence-corrected chi connectivity index (χ2v) is 5.75. The van der Waals surface area contributed by atoms with Crippen LogP contribution >= 0.6 is 0 Å². The third kappa shape index (κ3) is 1.84. The summed E-state index contributed by atoms with van der Waals surface area (Å²) in [5.41, 5.74) is 0. The molecule has 3 atom stereocenters. The summed E-state index contributed by atoms with van der Waals surface area (Å²) in [6, 6.07) is 1.76. The van der Waals surface area contributed by atoms with Crippen molar-refractivity contribution in [1.82, 2.24) is 0 Å². The van der Waals surface area contributed by atoms with E-state index in [-0.39, 0.29) is 6.10 Å². The van der Waals surface area contributed by atoms with Crippen LogP contribution in [-0.4, -0.2) is 31.6 Å². The summed E-state index contributed by atoms with van der Waals surface area (Å²) in [5, 5.41) is 7.12. The molecule has 0 aromatic rings. The average Bonchev–Trinajstić information content (AvgIpc) is 2.50. The fraction of sp³-hybridized carbons (Fsp3) is 0.875. The number of sulfone groups is 1. The minimum Gasteiger partial charge on any atom is -0.377 e. The van der Waals surface area contributed by atoms with Gasteiger partial charge in [0, 0.05) is 6.61 Å². The maximum Gasteiger partial charge on any atom is 0.171 e. The zero-order valence-electron chi connectivity index (χ0n) is 7.73. The Balaban J connectivity index is 2.88. The van der Waals surface area contributed by atoms with Crippen LogP contribution in [0.1, 0.15) is 20.3 Å². The molecule has 1 rings (SSSR count). The lowest BCUT2D eigenvalue weighted by Crippen LogP contribution is -2.34. The zero-order chi connectivity index (χ0) is 10.1. The summed E-state index contributed by atoms with van der Waals surface area (Å²) in [7, 11) is -3.32. The van der Waals surface area contributed by atoms with Gasteiger partial charge in [0.2, 0.25) is 0 Å².